The van der Waals surface area contributed by atoms with Crippen molar-refractivity contribution in [3.63, 3.8) is 0 Å². The van der Waals surface area contributed by atoms with Gasteiger partial charge in [0.2, 0.25) is 0 Å². The Morgan fingerprint density at radius 1 is 1.50 bits per heavy atom. The van der Waals surface area contributed by atoms with E-state index < -0.39 is 0 Å². The molecule has 0 fully saturated rings. The Bertz CT molecular complexity index is 525. The number of hydrogen-bond acceptors (Lipinski definition) is 3. The van der Waals surface area contributed by atoms with E-state index in [1.807, 2.05) is 12.1 Å². The lowest BCUT2D eigenvalue weighted by atomic mass is 10.1. The normalized spacial score (nSPS) is 10.3. The summed E-state index contributed by atoms with van der Waals surface area (Å²) in [5, 5.41) is 12.9. The van der Waals surface area contributed by atoms with Gasteiger partial charge in [-0.05, 0) is 28.5 Å². The van der Waals surface area contributed by atoms with Crippen molar-refractivity contribution in [2.45, 2.75) is 5.33 Å². The van der Waals surface area contributed by atoms with Gasteiger partial charge >= 0.3 is 0 Å². The van der Waals surface area contributed by atoms with E-state index in [0.29, 0.717) is 11.3 Å². The monoisotopic (exact) mass is 266 g/mol. The van der Waals surface area contributed by atoms with Crippen molar-refractivity contribution in [1.82, 2.24) is 0 Å². The second-order valence-electron chi connectivity index (χ2n) is 2.94. The second kappa shape index (κ2) is 3.60. The van der Waals surface area contributed by atoms with Gasteiger partial charge in [0.25, 0.3) is 0 Å². The van der Waals surface area contributed by atoms with Crippen molar-refractivity contribution < 1.29 is 0 Å². The third-order valence-electron chi connectivity index (χ3n) is 2.09. The highest BCUT2D eigenvalue weighted by molar-refractivity contribution is 9.08. The van der Waals surface area contributed by atoms with Gasteiger partial charge in [0, 0.05) is 10.0 Å². The number of halogens is 1. The number of rotatable bonds is 1. The summed E-state index contributed by atoms with van der Waals surface area (Å²) < 4.78 is 1.12. The third-order valence-corrected chi connectivity index (χ3v) is 3.69. The summed E-state index contributed by atoms with van der Waals surface area (Å²) in [6.07, 6.45) is 0. The van der Waals surface area contributed by atoms with Crippen LogP contribution in [0.1, 0.15) is 11.1 Å². The van der Waals surface area contributed by atoms with Crippen molar-refractivity contribution in [3.8, 4) is 6.07 Å². The second-order valence-corrected chi connectivity index (χ2v) is 4.41. The molecule has 0 saturated carbocycles. The van der Waals surface area contributed by atoms with Crippen LogP contribution in [0.2, 0.25) is 0 Å². The number of nitrogen functional groups attached to an aromatic ring is 1. The molecule has 0 aliphatic heterocycles. The maximum atomic E-state index is 8.81. The minimum absolute atomic E-state index is 0.556. The number of nitriles is 1. The molecule has 0 aliphatic rings. The lowest BCUT2D eigenvalue weighted by Crippen LogP contribution is -1.89. The lowest BCUT2D eigenvalue weighted by Gasteiger charge is -1.98. The highest BCUT2D eigenvalue weighted by atomic mass is 79.9. The van der Waals surface area contributed by atoms with Gasteiger partial charge in [-0.3, -0.25) is 0 Å². The van der Waals surface area contributed by atoms with E-state index in [1.165, 1.54) is 5.56 Å². The van der Waals surface area contributed by atoms with Gasteiger partial charge in [-0.2, -0.15) is 5.26 Å². The third kappa shape index (κ3) is 1.39. The van der Waals surface area contributed by atoms with E-state index in [9.17, 15) is 0 Å². The quantitative estimate of drug-likeness (QED) is 0.637. The molecule has 0 atom stereocenters. The first kappa shape index (κ1) is 9.50. The van der Waals surface area contributed by atoms with Crippen LogP contribution < -0.4 is 5.73 Å². The van der Waals surface area contributed by atoms with E-state index in [2.05, 4.69) is 27.4 Å². The molecule has 4 heteroatoms. The van der Waals surface area contributed by atoms with E-state index in [4.69, 9.17) is 11.0 Å². The summed E-state index contributed by atoms with van der Waals surface area (Å²) in [6.45, 7) is 0. The fourth-order valence-electron chi connectivity index (χ4n) is 1.34. The number of nitrogens with zero attached hydrogens (tertiary/aromatic N) is 1. The molecule has 14 heavy (non-hydrogen) atoms. The first-order valence-electron chi connectivity index (χ1n) is 4.02. The highest BCUT2D eigenvalue weighted by Gasteiger charge is 2.06. The van der Waals surface area contributed by atoms with Gasteiger partial charge in [-0.15, -0.1) is 11.3 Å². The maximum Gasteiger partial charge on any atom is 0.101 e. The van der Waals surface area contributed by atoms with E-state index in [-0.39, 0.29) is 0 Å². The van der Waals surface area contributed by atoms with Crippen LogP contribution in [0.3, 0.4) is 0 Å². The Labute approximate surface area is 94.1 Å². The molecular formula is C10H7BrN2S. The molecule has 1 heterocycles. The summed E-state index contributed by atoms with van der Waals surface area (Å²) in [5.74, 6) is 0. The van der Waals surface area contributed by atoms with Crippen molar-refractivity contribution in [1.29, 1.82) is 5.26 Å². The number of alkyl halides is 1. The van der Waals surface area contributed by atoms with Crippen LogP contribution in [-0.2, 0) is 5.33 Å². The lowest BCUT2D eigenvalue weighted by molar-refractivity contribution is 1.49. The number of hydrogen-bond donors (Lipinski definition) is 1. The summed E-state index contributed by atoms with van der Waals surface area (Å²) >= 11 is 5.06. The smallest absolute Gasteiger partial charge is 0.101 e. The van der Waals surface area contributed by atoms with Crippen molar-refractivity contribution >= 4 is 43.0 Å². The predicted octanol–water partition coefficient (Wildman–Crippen LogP) is 3.25. The number of anilines is 1. The van der Waals surface area contributed by atoms with Crippen LogP contribution in [-0.4, -0.2) is 0 Å². The average molecular weight is 267 g/mol. The van der Waals surface area contributed by atoms with Crippen LogP contribution in [0.4, 0.5) is 5.69 Å². The molecule has 2 N–H and O–H groups in total. The van der Waals surface area contributed by atoms with Crippen LogP contribution in [0, 0.1) is 11.3 Å². The fraction of sp³-hybridized carbons (Fsp3) is 0.100. The molecule has 0 saturated heterocycles. The Morgan fingerprint density at radius 3 is 2.93 bits per heavy atom. The Balaban J connectivity index is 2.77. The number of benzene rings is 1. The predicted molar refractivity (Wildman–Crippen MR) is 63.6 cm³/mol. The highest BCUT2D eigenvalue weighted by Crippen LogP contribution is 2.31. The van der Waals surface area contributed by atoms with Crippen molar-refractivity contribution in [3.05, 3.63) is 28.6 Å². The molecule has 70 valence electrons. The molecule has 0 aliphatic carbocycles. The van der Waals surface area contributed by atoms with Crippen LogP contribution in [0.15, 0.2) is 17.5 Å². The van der Waals surface area contributed by atoms with Crippen LogP contribution in [0.25, 0.3) is 10.1 Å². The molecule has 2 aromatic rings. The van der Waals surface area contributed by atoms with Crippen molar-refractivity contribution in [2.24, 2.45) is 0 Å². The van der Waals surface area contributed by atoms with Gasteiger partial charge in [-0.1, -0.05) is 15.9 Å². The van der Waals surface area contributed by atoms with E-state index in [0.717, 1.165) is 15.4 Å². The first-order chi connectivity index (χ1) is 6.76. The molecule has 0 amide bonds. The van der Waals surface area contributed by atoms with Gasteiger partial charge in [0.05, 0.1) is 11.3 Å². The average Bonchev–Trinajstić information content (AvgIpc) is 2.58. The van der Waals surface area contributed by atoms with E-state index >= 15 is 0 Å². The zero-order valence-electron chi connectivity index (χ0n) is 7.25. The number of nitrogens with two attached hydrogens (primary N) is 1. The molecule has 0 bridgehead atoms. The molecule has 0 radical (unpaired) electrons. The fourth-order valence-corrected chi connectivity index (χ4v) is 3.00. The molecule has 1 aromatic heterocycles. The number of fused-ring (bicyclic) bond motifs is 1. The minimum atomic E-state index is 0.556. The van der Waals surface area contributed by atoms with Gasteiger partial charge < -0.3 is 5.73 Å². The molecule has 2 nitrogen and oxygen atoms in total. The minimum Gasteiger partial charge on any atom is -0.398 e. The SMILES string of the molecule is N#Cc1cc2scc(CBr)c2cc1N. The first-order valence-corrected chi connectivity index (χ1v) is 6.02. The van der Waals surface area contributed by atoms with Crippen LogP contribution in [0.5, 0.6) is 0 Å². The Kier molecular flexibility index (Phi) is 2.44. The molecule has 1 aromatic carbocycles. The standard InChI is InChI=1S/C10H7BrN2S/c11-3-7-5-14-10-1-6(4-12)9(13)2-8(7)10/h1-2,5H,3,13H2. The topological polar surface area (TPSA) is 49.8 Å². The van der Waals surface area contributed by atoms with E-state index in [1.54, 1.807) is 11.3 Å². The van der Waals surface area contributed by atoms with Gasteiger partial charge in [-0.25, -0.2) is 0 Å². The maximum absolute atomic E-state index is 8.81. The molecule has 0 unspecified atom stereocenters. The molecule has 2 rings (SSSR count). The zero-order chi connectivity index (χ0) is 10.1. The summed E-state index contributed by atoms with van der Waals surface area (Å²) in [7, 11) is 0. The van der Waals surface area contributed by atoms with Gasteiger partial charge in [0.1, 0.15) is 6.07 Å². The molecular weight excluding hydrogens is 260 g/mol. The largest absolute Gasteiger partial charge is 0.398 e. The van der Waals surface area contributed by atoms with Crippen molar-refractivity contribution in [2.75, 3.05) is 5.73 Å². The Hall–Kier alpha value is -1.05. The molecule has 0 spiro atoms. The van der Waals surface area contributed by atoms with Crippen LogP contribution >= 0.6 is 27.3 Å². The summed E-state index contributed by atoms with van der Waals surface area (Å²) in [5.41, 5.74) is 8.08. The van der Waals surface area contributed by atoms with Gasteiger partial charge in [0.15, 0.2) is 0 Å². The summed E-state index contributed by atoms with van der Waals surface area (Å²) in [6, 6.07) is 5.81. The summed E-state index contributed by atoms with van der Waals surface area (Å²) in [4.78, 5) is 0. The zero-order valence-corrected chi connectivity index (χ0v) is 9.65. The Morgan fingerprint density at radius 2 is 2.29 bits per heavy atom. The number of thiophene rings is 1.